The fourth-order valence-corrected chi connectivity index (χ4v) is 6.48. The maximum atomic E-state index is 14.3. The van der Waals surface area contributed by atoms with Crippen LogP contribution in [0.15, 0.2) is 91.3 Å². The molecule has 2 aliphatic rings. The SMILES string of the molecule is Cc1nc(C2OC3OC(c4ccccc4)OC3C(n3cc(-c4cc(F)c(F)c(F)c4)nn3)C2OC(=O)Oc2ccccn2)n(-c2cc(Cl)ccc2Cl)n1. The van der Waals surface area contributed by atoms with Crippen molar-refractivity contribution in [1.29, 1.82) is 0 Å². The summed E-state index contributed by atoms with van der Waals surface area (Å²) >= 11 is 13.0. The van der Waals surface area contributed by atoms with Gasteiger partial charge >= 0.3 is 6.16 Å². The Labute approximate surface area is 307 Å². The third-order valence-corrected chi connectivity index (χ3v) is 8.97. The molecule has 5 heterocycles. The lowest BCUT2D eigenvalue weighted by atomic mass is 9.95. The van der Waals surface area contributed by atoms with Crippen LogP contribution in [0, 0.1) is 24.4 Å². The first-order valence-corrected chi connectivity index (χ1v) is 16.6. The predicted molar refractivity (Wildman–Crippen MR) is 178 cm³/mol. The Morgan fingerprint density at radius 3 is 2.45 bits per heavy atom. The van der Waals surface area contributed by atoms with Gasteiger partial charge in [-0.1, -0.05) is 64.8 Å². The molecule has 8 rings (SSSR count). The van der Waals surface area contributed by atoms with Gasteiger partial charge in [-0.3, -0.25) is 0 Å². The molecule has 6 atom stereocenters. The highest BCUT2D eigenvalue weighted by Crippen LogP contribution is 2.48. The highest BCUT2D eigenvalue weighted by molar-refractivity contribution is 6.34. The topological polar surface area (TPSA) is 138 Å². The van der Waals surface area contributed by atoms with Gasteiger partial charge in [-0.25, -0.2) is 37.3 Å². The van der Waals surface area contributed by atoms with Crippen molar-refractivity contribution in [2.24, 2.45) is 0 Å². The largest absolute Gasteiger partial charge is 0.515 e. The molecule has 6 unspecified atom stereocenters. The molecule has 3 aromatic carbocycles. The second-order valence-electron chi connectivity index (χ2n) is 11.9. The highest BCUT2D eigenvalue weighted by atomic mass is 35.5. The lowest BCUT2D eigenvalue weighted by Gasteiger charge is -2.41. The Morgan fingerprint density at radius 1 is 0.925 bits per heavy atom. The van der Waals surface area contributed by atoms with E-state index in [2.05, 4.69) is 25.4 Å². The quantitative estimate of drug-likeness (QED) is 0.120. The number of benzene rings is 3. The summed E-state index contributed by atoms with van der Waals surface area (Å²) < 4.78 is 75.8. The van der Waals surface area contributed by atoms with Crippen LogP contribution in [0.3, 0.4) is 0 Å². The van der Waals surface area contributed by atoms with Gasteiger partial charge < -0.3 is 23.7 Å². The first kappa shape index (κ1) is 34.7. The van der Waals surface area contributed by atoms with E-state index >= 15 is 0 Å². The summed E-state index contributed by atoms with van der Waals surface area (Å²) in [4.78, 5) is 22.2. The lowest BCUT2D eigenvalue weighted by Crippen LogP contribution is -2.52. The molecule has 18 heteroatoms. The van der Waals surface area contributed by atoms with Gasteiger partial charge in [-0.2, -0.15) is 5.10 Å². The first-order valence-electron chi connectivity index (χ1n) is 15.9. The van der Waals surface area contributed by atoms with E-state index in [1.165, 1.54) is 27.8 Å². The standard InChI is InChI=1S/C35H24Cl2F3N7O6/c1-17-42-32(47(44-17)25-15-20(36)10-11-21(25)37)31-29(52-35(48)49-26-9-5-6-12-41-26)28(30-34(51-31)53-33(50-30)18-7-3-2-4-8-18)46-16-24(43-45-46)19-13-22(38)27(40)23(39)14-19/h2-16,28-31,33-34H,1H3. The van der Waals surface area contributed by atoms with Crippen molar-refractivity contribution in [3.63, 3.8) is 0 Å². The number of pyridine rings is 1. The summed E-state index contributed by atoms with van der Waals surface area (Å²) in [5.74, 6) is -4.14. The number of hydrogen-bond donors (Lipinski definition) is 0. The van der Waals surface area contributed by atoms with Crippen LogP contribution in [-0.4, -0.2) is 59.4 Å². The smallest absolute Gasteiger partial charge is 0.425 e. The number of fused-ring (bicyclic) bond motifs is 1. The molecule has 0 saturated carbocycles. The summed E-state index contributed by atoms with van der Waals surface area (Å²) in [5, 5.41) is 13.5. The summed E-state index contributed by atoms with van der Waals surface area (Å²) in [7, 11) is 0. The van der Waals surface area contributed by atoms with Crippen molar-refractivity contribution in [2.75, 3.05) is 0 Å². The second-order valence-corrected chi connectivity index (χ2v) is 12.7. The molecule has 270 valence electrons. The van der Waals surface area contributed by atoms with Gasteiger partial charge in [0.05, 0.1) is 16.9 Å². The van der Waals surface area contributed by atoms with Crippen LogP contribution < -0.4 is 4.74 Å². The summed E-state index contributed by atoms with van der Waals surface area (Å²) in [5.41, 5.74) is 0.826. The predicted octanol–water partition coefficient (Wildman–Crippen LogP) is 7.29. The minimum absolute atomic E-state index is 0.0413. The number of aromatic nitrogens is 7. The Bertz CT molecular complexity index is 2280. The molecule has 2 aliphatic heterocycles. The Balaban J connectivity index is 1.27. The van der Waals surface area contributed by atoms with Crippen LogP contribution >= 0.6 is 23.2 Å². The fraction of sp³-hybridized carbons (Fsp3) is 0.200. The molecule has 0 bridgehead atoms. The summed E-state index contributed by atoms with van der Waals surface area (Å²) in [6.45, 7) is 1.64. The maximum Gasteiger partial charge on any atom is 0.515 e. The van der Waals surface area contributed by atoms with Gasteiger partial charge in [0.15, 0.2) is 48.1 Å². The van der Waals surface area contributed by atoms with E-state index in [1.807, 2.05) is 6.07 Å². The zero-order valence-electron chi connectivity index (χ0n) is 27.1. The van der Waals surface area contributed by atoms with Gasteiger partial charge in [-0.05, 0) is 43.3 Å². The van der Waals surface area contributed by atoms with Crippen molar-refractivity contribution in [1.82, 2.24) is 34.7 Å². The van der Waals surface area contributed by atoms with E-state index in [9.17, 15) is 18.0 Å². The molecular formula is C35H24Cl2F3N7O6. The van der Waals surface area contributed by atoms with Crippen molar-refractivity contribution >= 4 is 29.4 Å². The van der Waals surface area contributed by atoms with Crippen molar-refractivity contribution < 1.29 is 41.7 Å². The number of carbonyl (C=O) groups excluding carboxylic acids is 1. The van der Waals surface area contributed by atoms with Gasteiger partial charge in [0.1, 0.15) is 23.7 Å². The zero-order chi connectivity index (χ0) is 36.8. The minimum Gasteiger partial charge on any atom is -0.425 e. The normalized spacial score (nSPS) is 22.4. The summed E-state index contributed by atoms with van der Waals surface area (Å²) in [6, 6.07) is 18.9. The van der Waals surface area contributed by atoms with E-state index < -0.39 is 60.5 Å². The monoisotopic (exact) mass is 765 g/mol. The van der Waals surface area contributed by atoms with E-state index in [-0.39, 0.29) is 28.0 Å². The van der Waals surface area contributed by atoms with Crippen molar-refractivity contribution in [2.45, 2.75) is 43.9 Å². The average Bonchev–Trinajstić information content (AvgIpc) is 3.91. The zero-order valence-corrected chi connectivity index (χ0v) is 28.6. The molecule has 0 aliphatic carbocycles. The van der Waals surface area contributed by atoms with Crippen LogP contribution in [0.4, 0.5) is 18.0 Å². The Hall–Kier alpha value is -5.39. The van der Waals surface area contributed by atoms with E-state index in [0.29, 0.717) is 22.1 Å². The molecule has 53 heavy (non-hydrogen) atoms. The molecule has 13 nitrogen and oxygen atoms in total. The number of hydrogen-bond acceptors (Lipinski definition) is 11. The molecule has 0 radical (unpaired) electrons. The van der Waals surface area contributed by atoms with Crippen LogP contribution in [0.5, 0.6) is 5.88 Å². The molecule has 3 aromatic heterocycles. The molecule has 0 amide bonds. The third-order valence-electron chi connectivity index (χ3n) is 8.41. The van der Waals surface area contributed by atoms with Gasteiger partial charge in [0.2, 0.25) is 5.88 Å². The Kier molecular flexibility index (Phi) is 9.30. The van der Waals surface area contributed by atoms with E-state index in [4.69, 9.17) is 46.9 Å². The van der Waals surface area contributed by atoms with Crippen LogP contribution in [0.2, 0.25) is 10.0 Å². The van der Waals surface area contributed by atoms with Crippen LogP contribution in [-0.2, 0) is 18.9 Å². The molecule has 2 saturated heterocycles. The maximum absolute atomic E-state index is 14.3. The van der Waals surface area contributed by atoms with Crippen molar-refractivity contribution in [3.05, 3.63) is 136 Å². The number of halogens is 5. The van der Waals surface area contributed by atoms with Gasteiger partial charge in [0, 0.05) is 28.4 Å². The minimum atomic E-state index is -1.64. The van der Waals surface area contributed by atoms with Gasteiger partial charge in [-0.15, -0.1) is 5.10 Å². The molecule has 0 N–H and O–H groups in total. The Morgan fingerprint density at radius 2 is 1.70 bits per heavy atom. The first-order chi connectivity index (χ1) is 25.6. The third kappa shape index (κ3) is 6.82. The van der Waals surface area contributed by atoms with E-state index in [1.54, 1.807) is 61.5 Å². The highest BCUT2D eigenvalue weighted by Gasteiger charge is 2.57. The van der Waals surface area contributed by atoms with Crippen LogP contribution in [0.25, 0.3) is 16.9 Å². The molecule has 2 fully saturated rings. The number of nitrogens with zero attached hydrogens (tertiary/aromatic N) is 7. The van der Waals surface area contributed by atoms with E-state index in [0.717, 1.165) is 12.1 Å². The molecular weight excluding hydrogens is 742 g/mol. The summed E-state index contributed by atoms with van der Waals surface area (Å²) in [6.07, 6.45) is -4.33. The van der Waals surface area contributed by atoms with Crippen molar-refractivity contribution in [3.8, 4) is 22.8 Å². The average molecular weight is 767 g/mol. The fourth-order valence-electron chi connectivity index (χ4n) is 6.11. The van der Waals surface area contributed by atoms with Gasteiger partial charge in [0.25, 0.3) is 0 Å². The number of carbonyl (C=O) groups is 1. The number of rotatable bonds is 7. The number of ether oxygens (including phenoxy) is 5. The molecule has 0 spiro atoms. The molecule has 6 aromatic rings. The lowest BCUT2D eigenvalue weighted by molar-refractivity contribution is -0.237. The van der Waals surface area contributed by atoms with Crippen LogP contribution in [0.1, 0.15) is 35.6 Å². The number of aryl methyl sites for hydroxylation is 1. The second kappa shape index (κ2) is 14.2.